The van der Waals surface area contributed by atoms with Gasteiger partial charge in [0.25, 0.3) is 0 Å². The summed E-state index contributed by atoms with van der Waals surface area (Å²) in [5.41, 5.74) is 0. The van der Waals surface area contributed by atoms with Crippen molar-refractivity contribution in [2.24, 2.45) is 16.8 Å². The van der Waals surface area contributed by atoms with Gasteiger partial charge in [0, 0.05) is 46.4 Å². The van der Waals surface area contributed by atoms with Crippen molar-refractivity contribution < 1.29 is 4.74 Å². The first-order valence-corrected chi connectivity index (χ1v) is 9.32. The van der Waals surface area contributed by atoms with E-state index in [1.54, 1.807) is 7.11 Å². The van der Waals surface area contributed by atoms with E-state index in [0.29, 0.717) is 6.04 Å². The Labute approximate surface area is 142 Å². The fourth-order valence-corrected chi connectivity index (χ4v) is 4.05. The zero-order valence-electron chi connectivity index (χ0n) is 15.6. The van der Waals surface area contributed by atoms with E-state index in [4.69, 9.17) is 4.74 Å². The molecule has 2 heterocycles. The Kier molecular flexibility index (Phi) is 7.63. The van der Waals surface area contributed by atoms with Crippen molar-refractivity contribution in [3.63, 3.8) is 0 Å². The number of methoxy groups -OCH3 is 1. The number of aliphatic imine (C=N–C) groups is 1. The first kappa shape index (κ1) is 18.5. The van der Waals surface area contributed by atoms with Gasteiger partial charge in [-0.15, -0.1) is 0 Å². The maximum atomic E-state index is 5.23. The highest BCUT2D eigenvalue weighted by atomic mass is 16.5. The van der Waals surface area contributed by atoms with Crippen molar-refractivity contribution in [1.82, 2.24) is 15.1 Å². The number of likely N-dealkylation sites (tertiary alicyclic amines) is 2. The molecule has 0 amide bonds. The summed E-state index contributed by atoms with van der Waals surface area (Å²) >= 11 is 0. The number of guanidine groups is 1. The fraction of sp³-hybridized carbons (Fsp3) is 0.944. The number of hydrogen-bond acceptors (Lipinski definition) is 3. The molecule has 2 saturated heterocycles. The Morgan fingerprint density at radius 3 is 2.83 bits per heavy atom. The maximum absolute atomic E-state index is 5.23. The molecule has 2 unspecified atom stereocenters. The molecule has 2 aliphatic rings. The summed E-state index contributed by atoms with van der Waals surface area (Å²) in [7, 11) is 3.70. The van der Waals surface area contributed by atoms with E-state index in [1.165, 1.54) is 32.2 Å². The van der Waals surface area contributed by atoms with Crippen LogP contribution in [0.5, 0.6) is 0 Å². The minimum absolute atomic E-state index is 0.621. The average molecular weight is 325 g/mol. The summed E-state index contributed by atoms with van der Waals surface area (Å²) < 4.78 is 5.23. The largest absolute Gasteiger partial charge is 0.383 e. The molecule has 0 spiro atoms. The molecule has 2 rings (SSSR count). The molecule has 0 aromatic rings. The van der Waals surface area contributed by atoms with E-state index in [9.17, 15) is 0 Å². The normalized spacial score (nSPS) is 26.5. The molecular weight excluding hydrogens is 288 g/mol. The number of rotatable bonds is 7. The van der Waals surface area contributed by atoms with Gasteiger partial charge in [0.05, 0.1) is 6.61 Å². The fourth-order valence-electron chi connectivity index (χ4n) is 4.05. The van der Waals surface area contributed by atoms with E-state index < -0.39 is 0 Å². The number of hydrogen-bond donors (Lipinski definition) is 1. The highest BCUT2D eigenvalue weighted by Crippen LogP contribution is 2.23. The summed E-state index contributed by atoms with van der Waals surface area (Å²) in [4.78, 5) is 9.52. The Balaban J connectivity index is 1.77. The van der Waals surface area contributed by atoms with Crippen LogP contribution in [0.2, 0.25) is 0 Å². The van der Waals surface area contributed by atoms with Gasteiger partial charge in [-0.05, 0) is 44.1 Å². The molecule has 5 nitrogen and oxygen atoms in total. The van der Waals surface area contributed by atoms with Crippen LogP contribution < -0.4 is 5.32 Å². The number of ether oxygens (including phenoxy) is 1. The molecule has 1 N–H and O–H groups in total. The molecule has 0 radical (unpaired) electrons. The first-order valence-electron chi connectivity index (χ1n) is 9.32. The third kappa shape index (κ3) is 5.64. The lowest BCUT2D eigenvalue weighted by atomic mass is 9.97. The molecule has 23 heavy (non-hydrogen) atoms. The van der Waals surface area contributed by atoms with Gasteiger partial charge >= 0.3 is 0 Å². The van der Waals surface area contributed by atoms with Crippen molar-refractivity contribution in [1.29, 1.82) is 0 Å². The van der Waals surface area contributed by atoms with Gasteiger partial charge in [0.15, 0.2) is 5.96 Å². The van der Waals surface area contributed by atoms with Gasteiger partial charge in [-0.3, -0.25) is 9.89 Å². The molecule has 2 aliphatic heterocycles. The summed E-state index contributed by atoms with van der Waals surface area (Å²) in [6, 6.07) is 0.621. The van der Waals surface area contributed by atoms with Gasteiger partial charge in [-0.1, -0.05) is 13.8 Å². The van der Waals surface area contributed by atoms with E-state index in [1.807, 2.05) is 7.05 Å². The molecule has 5 heteroatoms. The second-order valence-corrected chi connectivity index (χ2v) is 7.48. The van der Waals surface area contributed by atoms with E-state index in [-0.39, 0.29) is 0 Å². The van der Waals surface area contributed by atoms with Crippen molar-refractivity contribution in [2.75, 3.05) is 53.5 Å². The summed E-state index contributed by atoms with van der Waals surface area (Å²) in [6.07, 6.45) is 5.22. The standard InChI is InChI=1S/C18H36N4O/c1-15(2)12-16-7-9-22(14-16)18(19-3)20-13-17-6-5-8-21(17)10-11-23-4/h15-17H,5-14H2,1-4H3,(H,19,20). The molecule has 0 bridgehead atoms. The minimum Gasteiger partial charge on any atom is -0.383 e. The lowest BCUT2D eigenvalue weighted by Crippen LogP contribution is -2.46. The molecule has 0 aromatic heterocycles. The summed E-state index contributed by atoms with van der Waals surface area (Å²) in [5, 5.41) is 3.63. The highest BCUT2D eigenvalue weighted by molar-refractivity contribution is 5.80. The van der Waals surface area contributed by atoms with E-state index in [0.717, 1.165) is 50.6 Å². The van der Waals surface area contributed by atoms with E-state index in [2.05, 4.69) is 34.0 Å². The van der Waals surface area contributed by atoms with Crippen LogP contribution in [0.15, 0.2) is 4.99 Å². The first-order chi connectivity index (χ1) is 11.1. The van der Waals surface area contributed by atoms with Crippen LogP contribution in [0.3, 0.4) is 0 Å². The van der Waals surface area contributed by atoms with Crippen LogP contribution in [0, 0.1) is 11.8 Å². The third-order valence-corrected chi connectivity index (χ3v) is 5.18. The van der Waals surface area contributed by atoms with Crippen LogP contribution in [0.1, 0.15) is 39.5 Å². The number of nitrogens with zero attached hydrogens (tertiary/aromatic N) is 3. The quantitative estimate of drug-likeness (QED) is 0.575. The predicted octanol–water partition coefficient (Wildman–Crippen LogP) is 2.04. The van der Waals surface area contributed by atoms with Crippen LogP contribution in [0.25, 0.3) is 0 Å². The van der Waals surface area contributed by atoms with Gasteiger partial charge in [-0.2, -0.15) is 0 Å². The summed E-state index contributed by atoms with van der Waals surface area (Å²) in [6.45, 7) is 11.0. The molecule has 0 aliphatic carbocycles. The van der Waals surface area contributed by atoms with Gasteiger partial charge in [-0.25, -0.2) is 0 Å². The van der Waals surface area contributed by atoms with Crippen molar-refractivity contribution >= 4 is 5.96 Å². The molecule has 134 valence electrons. The minimum atomic E-state index is 0.621. The zero-order chi connectivity index (χ0) is 16.7. The Morgan fingerprint density at radius 2 is 2.13 bits per heavy atom. The zero-order valence-corrected chi connectivity index (χ0v) is 15.6. The molecule has 0 aromatic carbocycles. The molecular formula is C18H36N4O. The van der Waals surface area contributed by atoms with Crippen molar-refractivity contribution in [3.05, 3.63) is 0 Å². The van der Waals surface area contributed by atoms with Crippen LogP contribution in [-0.4, -0.2) is 75.3 Å². The Bertz CT molecular complexity index is 372. The van der Waals surface area contributed by atoms with Crippen LogP contribution >= 0.6 is 0 Å². The van der Waals surface area contributed by atoms with Crippen LogP contribution in [-0.2, 0) is 4.74 Å². The van der Waals surface area contributed by atoms with Gasteiger partial charge < -0.3 is 15.0 Å². The number of nitrogens with one attached hydrogen (secondary N) is 1. The lowest BCUT2D eigenvalue weighted by molar-refractivity contribution is 0.141. The Hall–Kier alpha value is -0.810. The lowest BCUT2D eigenvalue weighted by Gasteiger charge is -2.27. The van der Waals surface area contributed by atoms with Gasteiger partial charge in [0.1, 0.15) is 0 Å². The van der Waals surface area contributed by atoms with E-state index >= 15 is 0 Å². The molecule has 0 saturated carbocycles. The monoisotopic (exact) mass is 324 g/mol. The van der Waals surface area contributed by atoms with Crippen molar-refractivity contribution in [2.45, 2.75) is 45.6 Å². The third-order valence-electron chi connectivity index (χ3n) is 5.18. The summed E-state index contributed by atoms with van der Waals surface area (Å²) in [5.74, 6) is 2.72. The average Bonchev–Trinajstić information content (AvgIpc) is 3.15. The molecule has 2 atom stereocenters. The Morgan fingerprint density at radius 1 is 1.30 bits per heavy atom. The maximum Gasteiger partial charge on any atom is 0.193 e. The van der Waals surface area contributed by atoms with Gasteiger partial charge in [0.2, 0.25) is 0 Å². The highest BCUT2D eigenvalue weighted by Gasteiger charge is 2.27. The second kappa shape index (κ2) is 9.48. The topological polar surface area (TPSA) is 40.1 Å². The van der Waals surface area contributed by atoms with Crippen LogP contribution in [0.4, 0.5) is 0 Å². The molecule has 2 fully saturated rings. The smallest absolute Gasteiger partial charge is 0.193 e. The predicted molar refractivity (Wildman–Crippen MR) is 97.0 cm³/mol. The second-order valence-electron chi connectivity index (χ2n) is 7.48. The SMILES string of the molecule is CN=C(NCC1CCCN1CCOC)N1CCC(CC(C)C)C1. The van der Waals surface area contributed by atoms with Crippen molar-refractivity contribution in [3.8, 4) is 0 Å².